The molecule has 2 aromatic carbocycles. The van der Waals surface area contributed by atoms with Crippen LogP contribution in [0.15, 0.2) is 48.5 Å². The predicted molar refractivity (Wildman–Crippen MR) is 119 cm³/mol. The molecule has 2 aliphatic carbocycles. The van der Waals surface area contributed by atoms with Gasteiger partial charge in [0, 0.05) is 12.5 Å². The van der Waals surface area contributed by atoms with Crippen LogP contribution in [0.1, 0.15) is 43.2 Å². The third-order valence-electron chi connectivity index (χ3n) is 6.16. The number of hydrogen-bond donors (Lipinski definition) is 2. The molecule has 0 bridgehead atoms. The number of fused-ring (bicyclic) bond motifs is 3. The van der Waals surface area contributed by atoms with E-state index in [9.17, 15) is 14.4 Å². The molecule has 168 valence electrons. The lowest BCUT2D eigenvalue weighted by Gasteiger charge is -2.26. The number of nitrogens with one attached hydrogen (secondary N) is 1. The van der Waals surface area contributed by atoms with Crippen LogP contribution >= 0.6 is 0 Å². The van der Waals surface area contributed by atoms with Crippen LogP contribution in [0.4, 0.5) is 4.79 Å². The number of benzene rings is 2. The minimum atomic E-state index is -1.06. The first kappa shape index (κ1) is 21.9. The zero-order valence-electron chi connectivity index (χ0n) is 18.1. The summed E-state index contributed by atoms with van der Waals surface area (Å²) in [6.45, 7) is 1.99. The van der Waals surface area contributed by atoms with Gasteiger partial charge in [0.1, 0.15) is 19.2 Å². The van der Waals surface area contributed by atoms with Crippen LogP contribution in [0, 0.1) is 5.92 Å². The third-order valence-corrected chi connectivity index (χ3v) is 6.16. The molecule has 7 nitrogen and oxygen atoms in total. The van der Waals surface area contributed by atoms with Crippen molar-refractivity contribution in [3.05, 3.63) is 59.7 Å². The molecule has 0 radical (unpaired) electrons. The Morgan fingerprint density at radius 2 is 1.66 bits per heavy atom. The topological polar surface area (TPSA) is 95.9 Å². The largest absolute Gasteiger partial charge is 0.480 e. The Morgan fingerprint density at radius 3 is 2.19 bits per heavy atom. The van der Waals surface area contributed by atoms with Crippen LogP contribution < -0.4 is 5.32 Å². The molecule has 0 saturated heterocycles. The predicted octanol–water partition coefficient (Wildman–Crippen LogP) is 3.63. The first-order valence-corrected chi connectivity index (χ1v) is 11.1. The van der Waals surface area contributed by atoms with Gasteiger partial charge in [-0.2, -0.15) is 0 Å². The molecular formula is C25H28N2O5. The summed E-state index contributed by atoms with van der Waals surface area (Å²) < 4.78 is 5.54. The third kappa shape index (κ3) is 4.77. The summed E-state index contributed by atoms with van der Waals surface area (Å²) in [5.74, 6) is -1.15. The quantitative estimate of drug-likeness (QED) is 0.626. The van der Waals surface area contributed by atoms with Gasteiger partial charge >= 0.3 is 12.1 Å². The molecule has 2 aromatic rings. The van der Waals surface area contributed by atoms with E-state index in [-0.39, 0.29) is 25.0 Å². The van der Waals surface area contributed by atoms with E-state index < -0.39 is 18.1 Å². The van der Waals surface area contributed by atoms with E-state index in [1.807, 2.05) is 36.4 Å². The van der Waals surface area contributed by atoms with Crippen molar-refractivity contribution in [2.45, 2.75) is 38.1 Å². The minimum Gasteiger partial charge on any atom is -0.480 e. The first-order valence-electron chi connectivity index (χ1n) is 11.1. The van der Waals surface area contributed by atoms with Gasteiger partial charge in [-0.3, -0.25) is 9.59 Å². The average Bonchev–Trinajstić information content (AvgIpc) is 3.55. The van der Waals surface area contributed by atoms with Crippen LogP contribution in [-0.4, -0.2) is 53.7 Å². The number of carbonyl (C=O) groups is 3. The highest BCUT2D eigenvalue weighted by Crippen LogP contribution is 2.44. The maximum absolute atomic E-state index is 12.9. The van der Waals surface area contributed by atoms with E-state index in [4.69, 9.17) is 9.84 Å². The summed E-state index contributed by atoms with van der Waals surface area (Å²) in [6.07, 6.45) is 1.68. The van der Waals surface area contributed by atoms with Crippen molar-refractivity contribution in [2.24, 2.45) is 5.92 Å². The van der Waals surface area contributed by atoms with E-state index in [0.29, 0.717) is 18.9 Å². The van der Waals surface area contributed by atoms with Crippen molar-refractivity contribution in [1.82, 2.24) is 10.2 Å². The normalized spacial score (nSPS) is 15.4. The summed E-state index contributed by atoms with van der Waals surface area (Å²) in [5, 5.41) is 11.8. The summed E-state index contributed by atoms with van der Waals surface area (Å²) in [4.78, 5) is 38.0. The number of alkyl carbamates (subject to hydrolysis) is 1. The number of nitrogens with zero attached hydrogens (tertiary/aromatic N) is 1. The summed E-state index contributed by atoms with van der Waals surface area (Å²) in [5.41, 5.74) is 4.51. The lowest BCUT2D eigenvalue weighted by atomic mass is 9.98. The van der Waals surface area contributed by atoms with Crippen LogP contribution in [0.2, 0.25) is 0 Å². The zero-order valence-corrected chi connectivity index (χ0v) is 18.1. The fraction of sp³-hybridized carbons (Fsp3) is 0.400. The molecule has 1 unspecified atom stereocenters. The summed E-state index contributed by atoms with van der Waals surface area (Å²) >= 11 is 0. The van der Waals surface area contributed by atoms with E-state index in [0.717, 1.165) is 35.1 Å². The van der Waals surface area contributed by atoms with E-state index in [1.54, 1.807) is 6.92 Å². The molecule has 1 saturated carbocycles. The van der Waals surface area contributed by atoms with Crippen molar-refractivity contribution in [3.8, 4) is 11.1 Å². The Labute approximate surface area is 187 Å². The Hall–Kier alpha value is -3.35. The Bertz CT molecular complexity index is 971. The molecule has 2 amide bonds. The molecule has 7 heteroatoms. The zero-order chi connectivity index (χ0) is 22.7. The highest BCUT2D eigenvalue weighted by molar-refractivity contribution is 5.88. The average molecular weight is 437 g/mol. The maximum Gasteiger partial charge on any atom is 0.407 e. The Balaban J connectivity index is 1.39. The van der Waals surface area contributed by atoms with Crippen LogP contribution in [0.25, 0.3) is 11.1 Å². The maximum atomic E-state index is 12.9. The number of carbonyl (C=O) groups excluding carboxylic acids is 2. The fourth-order valence-electron chi connectivity index (χ4n) is 4.35. The molecule has 0 heterocycles. The van der Waals surface area contributed by atoms with Crippen molar-refractivity contribution in [1.29, 1.82) is 0 Å². The van der Waals surface area contributed by atoms with Crippen LogP contribution in [-0.2, 0) is 14.3 Å². The Kier molecular flexibility index (Phi) is 6.44. The van der Waals surface area contributed by atoms with Gasteiger partial charge in [-0.15, -0.1) is 0 Å². The van der Waals surface area contributed by atoms with Crippen molar-refractivity contribution < 1.29 is 24.2 Å². The monoisotopic (exact) mass is 436 g/mol. The van der Waals surface area contributed by atoms with E-state index in [1.165, 1.54) is 4.90 Å². The smallest absolute Gasteiger partial charge is 0.407 e. The number of carboxylic acid groups (broad SMARTS) is 1. The fourth-order valence-corrected chi connectivity index (χ4v) is 4.35. The number of aliphatic carboxylic acids is 1. The van der Waals surface area contributed by atoms with Crippen LogP contribution in [0.3, 0.4) is 0 Å². The highest BCUT2D eigenvalue weighted by Gasteiger charge is 2.33. The second kappa shape index (κ2) is 9.42. The van der Waals surface area contributed by atoms with Gasteiger partial charge in [0.15, 0.2) is 0 Å². The SMILES string of the molecule is CCC(NC(=O)OCC1c2ccccc2-c2ccccc21)C(=O)N(CC(=O)O)CC1CC1. The molecule has 0 spiro atoms. The van der Waals surface area contributed by atoms with Gasteiger partial charge in [-0.1, -0.05) is 55.5 Å². The van der Waals surface area contributed by atoms with Gasteiger partial charge in [-0.25, -0.2) is 4.79 Å². The van der Waals surface area contributed by atoms with Gasteiger partial charge in [0.05, 0.1) is 0 Å². The number of carboxylic acids is 1. The molecule has 2 N–H and O–H groups in total. The van der Waals surface area contributed by atoms with Gasteiger partial charge in [0.25, 0.3) is 0 Å². The van der Waals surface area contributed by atoms with Gasteiger partial charge in [-0.05, 0) is 47.4 Å². The summed E-state index contributed by atoms with van der Waals surface area (Å²) in [6, 6.07) is 15.3. The molecule has 0 aliphatic heterocycles. The number of hydrogen-bond acceptors (Lipinski definition) is 4. The molecule has 1 atom stereocenters. The minimum absolute atomic E-state index is 0.0673. The molecule has 0 aromatic heterocycles. The first-order chi connectivity index (χ1) is 15.5. The number of rotatable bonds is 9. The van der Waals surface area contributed by atoms with Gasteiger partial charge in [0.2, 0.25) is 5.91 Å². The lowest BCUT2D eigenvalue weighted by molar-refractivity contribution is -0.145. The van der Waals surface area contributed by atoms with E-state index >= 15 is 0 Å². The van der Waals surface area contributed by atoms with Crippen molar-refractivity contribution in [2.75, 3.05) is 19.7 Å². The van der Waals surface area contributed by atoms with E-state index in [2.05, 4.69) is 17.4 Å². The molecule has 2 aliphatic rings. The number of ether oxygens (including phenoxy) is 1. The number of amides is 2. The molecule has 1 fully saturated rings. The standard InChI is InChI=1S/C25H28N2O5/c1-2-22(24(30)27(14-23(28)29)13-16-11-12-16)26-25(31)32-15-21-19-9-5-3-7-17(19)18-8-4-6-10-20(18)21/h3-10,16,21-22H,2,11-15H2,1H3,(H,26,31)(H,28,29). The summed E-state index contributed by atoms with van der Waals surface area (Å²) in [7, 11) is 0. The van der Waals surface area contributed by atoms with Crippen molar-refractivity contribution in [3.63, 3.8) is 0 Å². The second-order valence-corrected chi connectivity index (χ2v) is 8.49. The highest BCUT2D eigenvalue weighted by atomic mass is 16.5. The molecular weight excluding hydrogens is 408 g/mol. The second-order valence-electron chi connectivity index (χ2n) is 8.49. The Morgan fingerprint density at radius 1 is 1.06 bits per heavy atom. The lowest BCUT2D eigenvalue weighted by Crippen LogP contribution is -2.50. The van der Waals surface area contributed by atoms with Gasteiger partial charge < -0.3 is 20.1 Å². The van der Waals surface area contributed by atoms with Crippen molar-refractivity contribution >= 4 is 18.0 Å². The van der Waals surface area contributed by atoms with Crippen LogP contribution in [0.5, 0.6) is 0 Å². The molecule has 4 rings (SSSR count). The molecule has 32 heavy (non-hydrogen) atoms.